The Hall–Kier alpha value is -1.33. The lowest BCUT2D eigenvalue weighted by atomic mass is 10.1. The number of carbonyl (C=O) groups is 1. The lowest BCUT2D eigenvalue weighted by molar-refractivity contribution is -0.116. The highest BCUT2D eigenvalue weighted by Gasteiger charge is 2.14. The first-order chi connectivity index (χ1) is 9.79. The van der Waals surface area contributed by atoms with Crippen LogP contribution in [0.4, 0.5) is 5.69 Å². The van der Waals surface area contributed by atoms with Crippen molar-refractivity contribution in [3.8, 4) is 0 Å². The number of carbonyl (C=O) groups excluding carboxylic acids is 1. The molecule has 0 aliphatic rings. The molecule has 2 rings (SSSR count). The first-order valence-electron chi connectivity index (χ1n) is 6.55. The second kappa shape index (κ2) is 6.20. The van der Waals surface area contributed by atoms with E-state index in [1.54, 1.807) is 4.68 Å². The number of aromatic nitrogens is 2. The van der Waals surface area contributed by atoms with E-state index in [0.717, 1.165) is 32.7 Å². The van der Waals surface area contributed by atoms with Crippen LogP contribution in [0.1, 0.15) is 22.5 Å². The number of aryl methyl sites for hydroxylation is 3. The molecule has 0 bridgehead atoms. The Labute approximate surface area is 137 Å². The van der Waals surface area contributed by atoms with Crippen molar-refractivity contribution in [1.82, 2.24) is 9.78 Å². The van der Waals surface area contributed by atoms with Gasteiger partial charge in [0, 0.05) is 10.2 Å². The molecular weight excluding hydrogens is 354 g/mol. The van der Waals surface area contributed by atoms with Gasteiger partial charge in [-0.15, -0.1) is 0 Å². The summed E-state index contributed by atoms with van der Waals surface area (Å²) in [6.07, 6.45) is 0. The average Bonchev–Trinajstić information content (AvgIpc) is 2.61. The Morgan fingerprint density at radius 3 is 2.33 bits per heavy atom. The van der Waals surface area contributed by atoms with Crippen molar-refractivity contribution in [3.05, 3.63) is 44.1 Å². The summed E-state index contributed by atoms with van der Waals surface area (Å²) < 4.78 is 2.62. The summed E-state index contributed by atoms with van der Waals surface area (Å²) in [4.78, 5) is 12.2. The predicted octanol–water partition coefficient (Wildman–Crippen LogP) is 4.17. The topological polar surface area (TPSA) is 46.9 Å². The van der Waals surface area contributed by atoms with Crippen molar-refractivity contribution in [2.75, 3.05) is 5.32 Å². The summed E-state index contributed by atoms with van der Waals surface area (Å²) in [7, 11) is 0. The van der Waals surface area contributed by atoms with Crippen molar-refractivity contribution in [2.45, 2.75) is 34.2 Å². The highest BCUT2D eigenvalue weighted by Crippen LogP contribution is 2.25. The number of halogens is 2. The number of nitrogens with zero attached hydrogens (tertiary/aromatic N) is 2. The predicted molar refractivity (Wildman–Crippen MR) is 89.0 cm³/mol. The van der Waals surface area contributed by atoms with E-state index >= 15 is 0 Å². The summed E-state index contributed by atoms with van der Waals surface area (Å²) >= 11 is 9.54. The van der Waals surface area contributed by atoms with E-state index in [-0.39, 0.29) is 12.5 Å². The summed E-state index contributed by atoms with van der Waals surface area (Å²) in [6, 6.07) is 3.95. The Morgan fingerprint density at radius 2 is 1.86 bits per heavy atom. The minimum absolute atomic E-state index is 0.120. The molecule has 2 aromatic rings. The molecule has 112 valence electrons. The van der Waals surface area contributed by atoms with Gasteiger partial charge < -0.3 is 5.32 Å². The monoisotopic (exact) mass is 369 g/mol. The number of anilines is 1. The zero-order valence-electron chi connectivity index (χ0n) is 12.4. The van der Waals surface area contributed by atoms with E-state index < -0.39 is 0 Å². The van der Waals surface area contributed by atoms with E-state index in [9.17, 15) is 4.79 Å². The van der Waals surface area contributed by atoms with Crippen molar-refractivity contribution in [1.29, 1.82) is 0 Å². The van der Waals surface area contributed by atoms with E-state index in [0.29, 0.717) is 5.02 Å². The standard InChI is InChI=1S/C15H17BrClN3O/c1-8-5-12(16)6-9(2)15(8)18-13(21)7-20-11(4)14(17)10(3)19-20/h5-6H,7H2,1-4H3,(H,18,21). The lowest BCUT2D eigenvalue weighted by Gasteiger charge is -2.13. The third-order valence-corrected chi connectivity index (χ3v) is 4.35. The van der Waals surface area contributed by atoms with Crippen molar-refractivity contribution >= 4 is 39.1 Å². The number of hydrogen-bond donors (Lipinski definition) is 1. The SMILES string of the molecule is Cc1cc(Br)cc(C)c1NC(=O)Cn1nc(C)c(Cl)c1C. The van der Waals surface area contributed by atoms with E-state index in [1.807, 2.05) is 39.8 Å². The molecule has 1 amide bonds. The molecule has 0 atom stereocenters. The van der Waals surface area contributed by atoms with Gasteiger partial charge >= 0.3 is 0 Å². The maximum Gasteiger partial charge on any atom is 0.246 e. The molecule has 0 unspecified atom stereocenters. The number of nitrogens with one attached hydrogen (secondary N) is 1. The zero-order chi connectivity index (χ0) is 15.7. The third kappa shape index (κ3) is 3.47. The number of hydrogen-bond acceptors (Lipinski definition) is 2. The minimum Gasteiger partial charge on any atom is -0.324 e. The van der Waals surface area contributed by atoms with E-state index in [4.69, 9.17) is 11.6 Å². The van der Waals surface area contributed by atoms with Crippen LogP contribution in [0.2, 0.25) is 5.02 Å². The van der Waals surface area contributed by atoms with Crippen LogP contribution in [0.15, 0.2) is 16.6 Å². The lowest BCUT2D eigenvalue weighted by Crippen LogP contribution is -2.21. The molecular formula is C15H17BrClN3O. The molecule has 1 N–H and O–H groups in total. The van der Waals surface area contributed by atoms with Crippen LogP contribution in [0.3, 0.4) is 0 Å². The van der Waals surface area contributed by atoms with Gasteiger partial charge in [-0.3, -0.25) is 9.48 Å². The van der Waals surface area contributed by atoms with E-state index in [1.165, 1.54) is 0 Å². The minimum atomic E-state index is -0.120. The molecule has 0 fully saturated rings. The summed E-state index contributed by atoms with van der Waals surface area (Å²) in [5, 5.41) is 7.82. The van der Waals surface area contributed by atoms with Gasteiger partial charge in [-0.1, -0.05) is 27.5 Å². The van der Waals surface area contributed by atoms with Gasteiger partial charge in [-0.25, -0.2) is 0 Å². The molecule has 0 saturated heterocycles. The van der Waals surface area contributed by atoms with Gasteiger partial charge in [0.05, 0.1) is 16.4 Å². The number of amides is 1. The Balaban J connectivity index is 2.17. The maximum absolute atomic E-state index is 12.2. The van der Waals surface area contributed by atoms with Gasteiger partial charge in [0.2, 0.25) is 5.91 Å². The highest BCUT2D eigenvalue weighted by atomic mass is 79.9. The quantitative estimate of drug-likeness (QED) is 0.881. The highest BCUT2D eigenvalue weighted by molar-refractivity contribution is 9.10. The second-order valence-electron chi connectivity index (χ2n) is 5.11. The zero-order valence-corrected chi connectivity index (χ0v) is 14.8. The fraction of sp³-hybridized carbons (Fsp3) is 0.333. The van der Waals surface area contributed by atoms with Gasteiger partial charge in [0.15, 0.2) is 0 Å². The molecule has 0 spiro atoms. The van der Waals surface area contributed by atoms with Crippen LogP contribution in [0.25, 0.3) is 0 Å². The first-order valence-corrected chi connectivity index (χ1v) is 7.72. The fourth-order valence-electron chi connectivity index (χ4n) is 2.25. The number of benzene rings is 1. The molecule has 4 nitrogen and oxygen atoms in total. The van der Waals surface area contributed by atoms with Gasteiger partial charge in [0.1, 0.15) is 6.54 Å². The Morgan fingerprint density at radius 1 is 1.29 bits per heavy atom. The summed E-state index contributed by atoms with van der Waals surface area (Å²) in [5.74, 6) is -0.120. The van der Waals surface area contributed by atoms with Gasteiger partial charge in [-0.05, 0) is 51.0 Å². The summed E-state index contributed by atoms with van der Waals surface area (Å²) in [5.41, 5.74) is 4.41. The van der Waals surface area contributed by atoms with Crippen LogP contribution < -0.4 is 5.32 Å². The normalized spacial score (nSPS) is 10.8. The molecule has 0 saturated carbocycles. The van der Waals surface area contributed by atoms with E-state index in [2.05, 4.69) is 26.3 Å². The smallest absolute Gasteiger partial charge is 0.246 e. The molecule has 1 aromatic carbocycles. The van der Waals surface area contributed by atoms with Gasteiger partial charge in [0.25, 0.3) is 0 Å². The van der Waals surface area contributed by atoms with Crippen LogP contribution in [-0.2, 0) is 11.3 Å². The Bertz CT molecular complexity index is 686. The molecule has 0 radical (unpaired) electrons. The molecule has 1 aromatic heterocycles. The van der Waals surface area contributed by atoms with Crippen LogP contribution in [0, 0.1) is 27.7 Å². The molecule has 0 aliphatic heterocycles. The van der Waals surface area contributed by atoms with Crippen molar-refractivity contribution in [3.63, 3.8) is 0 Å². The largest absolute Gasteiger partial charge is 0.324 e. The first kappa shape index (κ1) is 16.0. The Kier molecular flexibility index (Phi) is 4.74. The maximum atomic E-state index is 12.2. The van der Waals surface area contributed by atoms with Crippen molar-refractivity contribution < 1.29 is 4.79 Å². The molecule has 0 aliphatic carbocycles. The molecule has 6 heteroatoms. The number of rotatable bonds is 3. The van der Waals surface area contributed by atoms with Crippen LogP contribution >= 0.6 is 27.5 Å². The van der Waals surface area contributed by atoms with Crippen LogP contribution in [-0.4, -0.2) is 15.7 Å². The summed E-state index contributed by atoms with van der Waals surface area (Å²) in [6.45, 7) is 7.76. The third-order valence-electron chi connectivity index (χ3n) is 3.35. The average molecular weight is 371 g/mol. The van der Waals surface area contributed by atoms with Crippen LogP contribution in [0.5, 0.6) is 0 Å². The van der Waals surface area contributed by atoms with Gasteiger partial charge in [-0.2, -0.15) is 5.10 Å². The fourth-order valence-corrected chi connectivity index (χ4v) is 3.07. The molecule has 1 heterocycles. The molecule has 21 heavy (non-hydrogen) atoms. The second-order valence-corrected chi connectivity index (χ2v) is 6.40. The van der Waals surface area contributed by atoms with Crippen molar-refractivity contribution in [2.24, 2.45) is 0 Å².